The molecule has 1 unspecified atom stereocenters. The summed E-state index contributed by atoms with van der Waals surface area (Å²) in [6, 6.07) is 15.2. The summed E-state index contributed by atoms with van der Waals surface area (Å²) in [7, 11) is 0. The number of aromatic nitrogens is 3. The topological polar surface area (TPSA) is 130 Å². The van der Waals surface area contributed by atoms with Gasteiger partial charge < -0.3 is 19.8 Å². The Hall–Kier alpha value is -3.90. The molecule has 4 aromatic rings. The van der Waals surface area contributed by atoms with Crippen LogP contribution in [0.5, 0.6) is 0 Å². The second-order valence-electron chi connectivity index (χ2n) is 12.6. The number of halogens is 2. The maximum absolute atomic E-state index is 13.6. The zero-order valence-electron chi connectivity index (χ0n) is 24.9. The Morgan fingerprint density at radius 1 is 1.00 bits per heavy atom. The molecule has 4 heterocycles. The van der Waals surface area contributed by atoms with Gasteiger partial charge in [0.1, 0.15) is 11.5 Å². The predicted octanol–water partition coefficient (Wildman–Crippen LogP) is 5.14. The lowest BCUT2D eigenvalue weighted by molar-refractivity contribution is -0.164. The molecule has 2 aromatic carbocycles. The highest BCUT2D eigenvalue weighted by atomic mass is 35.5. The summed E-state index contributed by atoms with van der Waals surface area (Å²) < 4.78 is 9.19. The maximum atomic E-state index is 13.6. The fraction of sp³-hybridized carbons (Fsp3) is 0.394. The van der Waals surface area contributed by atoms with Gasteiger partial charge in [0.15, 0.2) is 5.65 Å². The van der Waals surface area contributed by atoms with Gasteiger partial charge in [-0.25, -0.2) is 9.78 Å². The van der Waals surface area contributed by atoms with E-state index in [0.717, 1.165) is 24.8 Å². The van der Waals surface area contributed by atoms with E-state index in [4.69, 9.17) is 27.9 Å². The highest BCUT2D eigenvalue weighted by molar-refractivity contribution is 6.31. The van der Waals surface area contributed by atoms with E-state index in [2.05, 4.69) is 4.98 Å². The maximum Gasteiger partial charge on any atom is 0.407 e. The minimum absolute atomic E-state index is 0.0278. The molecular weight excluding hydrogens is 633 g/mol. The van der Waals surface area contributed by atoms with E-state index in [0.29, 0.717) is 66.4 Å². The Balaban J connectivity index is 1.07. The molecule has 0 bridgehead atoms. The predicted molar refractivity (Wildman–Crippen MR) is 172 cm³/mol. The second kappa shape index (κ2) is 11.7. The van der Waals surface area contributed by atoms with E-state index in [-0.39, 0.29) is 28.8 Å². The number of amides is 2. The average Bonchev–Trinajstić information content (AvgIpc) is 3.38. The molecule has 0 radical (unpaired) electrons. The van der Waals surface area contributed by atoms with E-state index in [1.807, 2.05) is 24.3 Å². The molecule has 240 valence electrons. The van der Waals surface area contributed by atoms with Crippen LogP contribution in [0, 0.1) is 0 Å². The molecule has 2 amide bonds. The van der Waals surface area contributed by atoms with Crippen LogP contribution in [0.4, 0.5) is 4.79 Å². The van der Waals surface area contributed by atoms with Crippen LogP contribution in [0.2, 0.25) is 10.2 Å². The van der Waals surface area contributed by atoms with E-state index >= 15 is 0 Å². The summed E-state index contributed by atoms with van der Waals surface area (Å²) >= 11 is 12.6. The third kappa shape index (κ3) is 5.55. The van der Waals surface area contributed by atoms with Gasteiger partial charge in [0, 0.05) is 29.4 Å². The largest absolute Gasteiger partial charge is 0.465 e. The van der Waals surface area contributed by atoms with Crippen molar-refractivity contribution in [2.24, 2.45) is 0 Å². The van der Waals surface area contributed by atoms with E-state index in [1.165, 1.54) is 15.8 Å². The normalized spacial score (nSPS) is 20.5. The number of piperidine rings is 1. The zero-order chi connectivity index (χ0) is 32.2. The lowest BCUT2D eigenvalue weighted by atomic mass is 9.78. The van der Waals surface area contributed by atoms with Crippen molar-refractivity contribution in [3.63, 3.8) is 0 Å². The molecule has 2 aliphatic heterocycles. The third-order valence-electron chi connectivity index (χ3n) is 9.71. The molecule has 2 saturated heterocycles. The summed E-state index contributed by atoms with van der Waals surface area (Å²) in [4.78, 5) is 46.3. The lowest BCUT2D eigenvalue weighted by Crippen LogP contribution is -2.57. The number of hydrogen-bond donors (Lipinski definition) is 2. The monoisotopic (exact) mass is 665 g/mol. The Kier molecular flexibility index (Phi) is 7.83. The van der Waals surface area contributed by atoms with Gasteiger partial charge in [-0.1, -0.05) is 35.3 Å². The number of aliphatic hydroxyl groups is 1. The standard InChI is InChI=1S/C33H33Cl2N5O6/c34-23-6-2-22(3-7-23)29(41)37-14-12-32(45,13-15-37)18-38-20-36-28-25(30(38)42)16-27(35)40(28)24-8-4-21(5-9-24)26-17-46-33(10-1-11-33)19-39(26)31(43)44/h2-9,16,20,26,45H,1,10-15,17-19H2,(H,43,44). The zero-order valence-corrected chi connectivity index (χ0v) is 26.5. The van der Waals surface area contributed by atoms with Crippen molar-refractivity contribution in [2.75, 3.05) is 26.2 Å². The van der Waals surface area contributed by atoms with Gasteiger partial charge in [0.2, 0.25) is 0 Å². The number of likely N-dealkylation sites (tertiary alicyclic amines) is 1. The number of carbonyl (C=O) groups is 2. The Morgan fingerprint density at radius 3 is 2.33 bits per heavy atom. The quantitative estimate of drug-likeness (QED) is 0.302. The SMILES string of the molecule is O=C(c1ccc(Cl)cc1)N1CCC(O)(Cn2cnc3c(cc(Cl)n3-c3ccc(C4COC5(CCC5)CN4C(=O)O)cc3)c2=O)CC1. The smallest absolute Gasteiger partial charge is 0.407 e. The molecule has 2 aromatic heterocycles. The fourth-order valence-corrected chi connectivity index (χ4v) is 7.24. The molecular formula is C33H33Cl2N5O6. The van der Waals surface area contributed by atoms with Crippen LogP contribution in [0.1, 0.15) is 54.1 Å². The van der Waals surface area contributed by atoms with Crippen molar-refractivity contribution in [1.29, 1.82) is 0 Å². The molecule has 2 N–H and O–H groups in total. The second-order valence-corrected chi connectivity index (χ2v) is 13.4. The van der Waals surface area contributed by atoms with Gasteiger partial charge in [-0.2, -0.15) is 0 Å². The molecule has 13 heteroatoms. The van der Waals surface area contributed by atoms with E-state index in [1.54, 1.807) is 39.8 Å². The first-order valence-electron chi connectivity index (χ1n) is 15.3. The number of carbonyl (C=O) groups excluding carboxylic acids is 1. The number of hydrogen-bond acceptors (Lipinski definition) is 6. The van der Waals surface area contributed by atoms with Crippen molar-refractivity contribution in [1.82, 2.24) is 23.9 Å². The van der Waals surface area contributed by atoms with Crippen LogP contribution in [0.15, 0.2) is 65.7 Å². The summed E-state index contributed by atoms with van der Waals surface area (Å²) in [5, 5.41) is 22.4. The Morgan fingerprint density at radius 2 is 1.70 bits per heavy atom. The molecule has 3 fully saturated rings. The minimum atomic E-state index is -1.19. The van der Waals surface area contributed by atoms with E-state index < -0.39 is 17.7 Å². The molecule has 1 saturated carbocycles. The van der Waals surface area contributed by atoms with Crippen molar-refractivity contribution >= 4 is 46.2 Å². The number of benzene rings is 2. The van der Waals surface area contributed by atoms with Gasteiger partial charge in [-0.3, -0.25) is 23.6 Å². The lowest BCUT2D eigenvalue weighted by Gasteiger charge is -2.50. The molecule has 7 rings (SSSR count). The Bertz CT molecular complexity index is 1860. The first-order valence-corrected chi connectivity index (χ1v) is 16.1. The fourth-order valence-electron chi connectivity index (χ4n) is 6.83. The summed E-state index contributed by atoms with van der Waals surface area (Å²) in [6.45, 7) is 1.37. The van der Waals surface area contributed by atoms with Crippen LogP contribution in [0.3, 0.4) is 0 Å². The van der Waals surface area contributed by atoms with Crippen molar-refractivity contribution < 1.29 is 24.5 Å². The van der Waals surface area contributed by atoms with Crippen molar-refractivity contribution in [3.05, 3.63) is 92.6 Å². The van der Waals surface area contributed by atoms with Crippen LogP contribution >= 0.6 is 23.2 Å². The van der Waals surface area contributed by atoms with Gasteiger partial charge in [0.05, 0.1) is 42.3 Å². The molecule has 46 heavy (non-hydrogen) atoms. The van der Waals surface area contributed by atoms with Crippen molar-refractivity contribution in [2.45, 2.75) is 55.9 Å². The average molecular weight is 667 g/mol. The number of carboxylic acid groups (broad SMARTS) is 1. The number of rotatable bonds is 5. The molecule has 11 nitrogen and oxygen atoms in total. The van der Waals surface area contributed by atoms with Crippen LogP contribution < -0.4 is 5.56 Å². The van der Waals surface area contributed by atoms with Crippen LogP contribution in [-0.2, 0) is 11.3 Å². The molecule has 3 aliphatic rings. The first kappa shape index (κ1) is 30.7. The molecule has 1 aliphatic carbocycles. The van der Waals surface area contributed by atoms with Gasteiger partial charge in [-0.05, 0) is 80.1 Å². The number of ether oxygens (including phenoxy) is 1. The van der Waals surface area contributed by atoms with Gasteiger partial charge >= 0.3 is 6.09 Å². The van der Waals surface area contributed by atoms with Gasteiger partial charge in [-0.15, -0.1) is 0 Å². The summed E-state index contributed by atoms with van der Waals surface area (Å²) in [6.07, 6.45) is 3.85. The number of nitrogens with zero attached hydrogens (tertiary/aromatic N) is 5. The summed E-state index contributed by atoms with van der Waals surface area (Å²) in [5.41, 5.74) is 0.490. The number of morpholine rings is 1. The highest BCUT2D eigenvalue weighted by Crippen LogP contribution is 2.42. The van der Waals surface area contributed by atoms with E-state index in [9.17, 15) is 24.6 Å². The van der Waals surface area contributed by atoms with Crippen molar-refractivity contribution in [3.8, 4) is 5.69 Å². The Labute approximate surface area is 274 Å². The third-order valence-corrected chi connectivity index (χ3v) is 10.2. The molecule has 1 atom stereocenters. The number of fused-ring (bicyclic) bond motifs is 1. The van der Waals surface area contributed by atoms with Crippen LogP contribution in [-0.4, -0.2) is 83.6 Å². The summed E-state index contributed by atoms with van der Waals surface area (Å²) in [5.74, 6) is -0.128. The van der Waals surface area contributed by atoms with Gasteiger partial charge in [0.25, 0.3) is 11.5 Å². The van der Waals surface area contributed by atoms with Crippen LogP contribution in [0.25, 0.3) is 16.7 Å². The minimum Gasteiger partial charge on any atom is -0.465 e. The first-order chi connectivity index (χ1) is 22.0. The molecule has 1 spiro atoms. The highest BCUT2D eigenvalue weighted by Gasteiger charge is 2.47.